The number of carbonyl (C=O) groups is 1. The topological polar surface area (TPSA) is 72.7 Å². The number of likely N-dealkylation sites (tertiary alicyclic amines) is 1. The van der Waals surface area contributed by atoms with Gasteiger partial charge >= 0.3 is 0 Å². The number of aromatic nitrogens is 3. The van der Waals surface area contributed by atoms with Crippen LogP contribution in [0.5, 0.6) is 11.5 Å². The summed E-state index contributed by atoms with van der Waals surface area (Å²) in [5.41, 5.74) is 2.99. The van der Waals surface area contributed by atoms with Crippen LogP contribution < -0.4 is 9.47 Å². The highest BCUT2D eigenvalue weighted by molar-refractivity contribution is 6.06. The molecule has 8 nitrogen and oxygen atoms in total. The normalized spacial score (nSPS) is 18.4. The number of likely N-dealkylation sites (N-methyl/N-ethyl adjacent to an activating group) is 1. The van der Waals surface area contributed by atoms with Crippen LogP contribution in [0.3, 0.4) is 0 Å². The summed E-state index contributed by atoms with van der Waals surface area (Å²) in [4.78, 5) is 22.9. The van der Waals surface area contributed by atoms with Gasteiger partial charge in [0.25, 0.3) is 5.91 Å². The Balaban J connectivity index is 1.60. The molecule has 0 radical (unpaired) electrons. The van der Waals surface area contributed by atoms with Gasteiger partial charge in [0.05, 0.1) is 22.8 Å². The van der Waals surface area contributed by atoms with Crippen molar-refractivity contribution in [2.45, 2.75) is 38.8 Å². The van der Waals surface area contributed by atoms with Crippen molar-refractivity contribution in [3.05, 3.63) is 36.0 Å². The van der Waals surface area contributed by atoms with Crippen LogP contribution >= 0.6 is 0 Å². The molecule has 0 bridgehead atoms. The maximum atomic E-state index is 13.8. The van der Waals surface area contributed by atoms with E-state index in [1.165, 1.54) is 0 Å². The van der Waals surface area contributed by atoms with Crippen LogP contribution in [0.15, 0.2) is 30.5 Å². The van der Waals surface area contributed by atoms with Crippen LogP contribution in [0.25, 0.3) is 22.3 Å². The highest BCUT2D eigenvalue weighted by Crippen LogP contribution is 2.35. The van der Waals surface area contributed by atoms with Gasteiger partial charge in [-0.05, 0) is 65.0 Å². The predicted octanol–water partition coefficient (Wildman–Crippen LogP) is 3.62. The summed E-state index contributed by atoms with van der Waals surface area (Å²) in [5.74, 6) is 1.48. The van der Waals surface area contributed by atoms with Gasteiger partial charge < -0.3 is 19.3 Å². The molecule has 0 saturated carbocycles. The van der Waals surface area contributed by atoms with Gasteiger partial charge in [0.1, 0.15) is 13.2 Å². The molecule has 8 heteroatoms. The number of pyridine rings is 1. The largest absolute Gasteiger partial charge is 0.486 e. The lowest BCUT2D eigenvalue weighted by atomic mass is 10.0. The standard InChI is InChI=1S/C25H31N5O3/c1-16(2)30-24-20(14-26-30)19(25(31)29-9-5-6-18(15-29)28(3)4)13-21(27-24)17-7-8-22-23(12-17)33-11-10-32-22/h7-8,12-14,16,18H,5-6,9-11,15H2,1-4H3. The van der Waals surface area contributed by atoms with Gasteiger partial charge in [-0.25, -0.2) is 9.67 Å². The van der Waals surface area contributed by atoms with Crippen LogP contribution in [-0.2, 0) is 0 Å². The number of rotatable bonds is 4. The molecule has 2 aromatic heterocycles. The minimum atomic E-state index is 0.0380. The zero-order valence-electron chi connectivity index (χ0n) is 19.7. The Morgan fingerprint density at radius 3 is 2.70 bits per heavy atom. The van der Waals surface area contributed by atoms with E-state index >= 15 is 0 Å². The van der Waals surface area contributed by atoms with Gasteiger partial charge in [0.2, 0.25) is 0 Å². The average Bonchev–Trinajstić information content (AvgIpc) is 3.27. The molecule has 5 rings (SSSR count). The van der Waals surface area contributed by atoms with Crippen molar-refractivity contribution in [3.8, 4) is 22.8 Å². The Hall–Kier alpha value is -3.13. The fraction of sp³-hybridized carbons (Fsp3) is 0.480. The smallest absolute Gasteiger partial charge is 0.254 e. The summed E-state index contributed by atoms with van der Waals surface area (Å²) in [6, 6.07) is 8.22. The van der Waals surface area contributed by atoms with Crippen LogP contribution in [0, 0.1) is 0 Å². The molecule has 1 atom stereocenters. The molecular formula is C25H31N5O3. The minimum Gasteiger partial charge on any atom is -0.486 e. The van der Waals surface area contributed by atoms with E-state index in [1.54, 1.807) is 6.20 Å². The predicted molar refractivity (Wildman–Crippen MR) is 127 cm³/mol. The maximum absolute atomic E-state index is 13.8. The lowest BCUT2D eigenvalue weighted by Gasteiger charge is -2.36. The summed E-state index contributed by atoms with van der Waals surface area (Å²) in [5, 5.41) is 5.36. The summed E-state index contributed by atoms with van der Waals surface area (Å²) in [6.07, 6.45) is 3.88. The van der Waals surface area contributed by atoms with E-state index in [9.17, 15) is 4.79 Å². The molecule has 4 heterocycles. The van der Waals surface area contributed by atoms with Gasteiger partial charge in [0, 0.05) is 30.7 Å². The molecule has 2 aliphatic rings. The van der Waals surface area contributed by atoms with Crippen molar-refractivity contribution in [1.29, 1.82) is 0 Å². The van der Waals surface area contributed by atoms with Crippen molar-refractivity contribution in [2.24, 2.45) is 0 Å². The molecule has 174 valence electrons. The number of ether oxygens (including phenoxy) is 2. The summed E-state index contributed by atoms with van der Waals surface area (Å²) < 4.78 is 13.3. The third-order valence-corrected chi connectivity index (χ3v) is 6.54. The molecule has 1 amide bonds. The minimum absolute atomic E-state index is 0.0380. The summed E-state index contributed by atoms with van der Waals surface area (Å²) in [7, 11) is 4.16. The molecular weight excluding hydrogens is 418 g/mol. The fourth-order valence-corrected chi connectivity index (χ4v) is 4.65. The van der Waals surface area contributed by atoms with E-state index < -0.39 is 0 Å². The molecule has 2 aliphatic heterocycles. The molecule has 1 fully saturated rings. The number of carbonyl (C=O) groups excluding carboxylic acids is 1. The number of piperidine rings is 1. The van der Waals surface area contributed by atoms with Gasteiger partial charge in [-0.2, -0.15) is 5.10 Å². The lowest BCUT2D eigenvalue weighted by molar-refractivity contribution is 0.0637. The number of nitrogens with zero attached hydrogens (tertiary/aromatic N) is 5. The third-order valence-electron chi connectivity index (χ3n) is 6.54. The van der Waals surface area contributed by atoms with Gasteiger partial charge in [0.15, 0.2) is 17.1 Å². The first kappa shape index (κ1) is 21.7. The molecule has 0 aliphatic carbocycles. The van der Waals surface area contributed by atoms with E-state index in [0.717, 1.165) is 54.0 Å². The van der Waals surface area contributed by atoms with Crippen LogP contribution in [0.4, 0.5) is 0 Å². The zero-order valence-corrected chi connectivity index (χ0v) is 19.7. The van der Waals surface area contributed by atoms with Crippen LogP contribution in [0.1, 0.15) is 43.1 Å². The number of hydrogen-bond donors (Lipinski definition) is 0. The molecule has 0 spiro atoms. The highest BCUT2D eigenvalue weighted by Gasteiger charge is 2.28. The number of fused-ring (bicyclic) bond motifs is 2. The Bertz CT molecular complexity index is 1190. The van der Waals surface area contributed by atoms with Crippen molar-refractivity contribution in [3.63, 3.8) is 0 Å². The van der Waals surface area contributed by atoms with E-state index in [2.05, 4.69) is 37.9 Å². The molecule has 33 heavy (non-hydrogen) atoms. The second kappa shape index (κ2) is 8.67. The maximum Gasteiger partial charge on any atom is 0.254 e. The highest BCUT2D eigenvalue weighted by atomic mass is 16.6. The fourth-order valence-electron chi connectivity index (χ4n) is 4.65. The molecule has 1 saturated heterocycles. The number of amides is 1. The van der Waals surface area contributed by atoms with E-state index in [0.29, 0.717) is 30.6 Å². The van der Waals surface area contributed by atoms with Crippen LogP contribution in [-0.4, -0.2) is 76.9 Å². The van der Waals surface area contributed by atoms with Gasteiger partial charge in [-0.15, -0.1) is 0 Å². The van der Waals surface area contributed by atoms with Crippen molar-refractivity contribution in [1.82, 2.24) is 24.6 Å². The zero-order chi connectivity index (χ0) is 23.1. The Morgan fingerprint density at radius 2 is 1.94 bits per heavy atom. The summed E-state index contributed by atoms with van der Waals surface area (Å²) in [6.45, 7) is 6.71. The van der Waals surface area contributed by atoms with E-state index in [-0.39, 0.29) is 11.9 Å². The Kier molecular flexibility index (Phi) is 5.70. The SMILES string of the molecule is CC(C)n1ncc2c(C(=O)N3CCCC(N(C)C)C3)cc(-c3ccc4c(c3)OCCO4)nc21. The molecule has 1 aromatic carbocycles. The van der Waals surface area contributed by atoms with Gasteiger partial charge in [-0.3, -0.25) is 4.79 Å². The average molecular weight is 450 g/mol. The number of hydrogen-bond acceptors (Lipinski definition) is 6. The van der Waals surface area contributed by atoms with Gasteiger partial charge in [-0.1, -0.05) is 0 Å². The molecule has 1 unspecified atom stereocenters. The monoisotopic (exact) mass is 449 g/mol. The second-order valence-corrected chi connectivity index (χ2v) is 9.34. The molecule has 3 aromatic rings. The van der Waals surface area contributed by atoms with E-state index in [4.69, 9.17) is 14.5 Å². The van der Waals surface area contributed by atoms with Crippen LogP contribution in [0.2, 0.25) is 0 Å². The Morgan fingerprint density at radius 1 is 1.15 bits per heavy atom. The Labute approximate surface area is 194 Å². The van der Waals surface area contributed by atoms with Crippen molar-refractivity contribution in [2.75, 3.05) is 40.4 Å². The second-order valence-electron chi connectivity index (χ2n) is 9.34. The summed E-state index contributed by atoms with van der Waals surface area (Å²) >= 11 is 0. The van der Waals surface area contributed by atoms with Crippen molar-refractivity contribution < 1.29 is 14.3 Å². The van der Waals surface area contributed by atoms with E-state index in [1.807, 2.05) is 33.8 Å². The molecule has 0 N–H and O–H groups in total. The van der Waals surface area contributed by atoms with Crippen molar-refractivity contribution >= 4 is 16.9 Å². The number of benzene rings is 1. The first-order chi connectivity index (χ1) is 15.9. The third kappa shape index (κ3) is 4.04. The first-order valence-corrected chi connectivity index (χ1v) is 11.7. The first-order valence-electron chi connectivity index (χ1n) is 11.7. The lowest BCUT2D eigenvalue weighted by Crippen LogP contribution is -2.47. The quantitative estimate of drug-likeness (QED) is 0.606.